The maximum absolute atomic E-state index is 13.5. The van der Waals surface area contributed by atoms with Crippen LogP contribution in [0.5, 0.6) is 0 Å². The Morgan fingerprint density at radius 3 is 2.32 bits per heavy atom. The number of halogens is 1. The second-order valence-corrected chi connectivity index (χ2v) is 7.46. The van der Waals surface area contributed by atoms with E-state index in [0.29, 0.717) is 16.9 Å². The maximum atomic E-state index is 13.5. The zero-order valence-electron chi connectivity index (χ0n) is 12.4. The van der Waals surface area contributed by atoms with Crippen molar-refractivity contribution in [3.8, 4) is 0 Å². The number of anilines is 2. The van der Waals surface area contributed by atoms with Gasteiger partial charge in [0.1, 0.15) is 5.82 Å². The van der Waals surface area contributed by atoms with Crippen molar-refractivity contribution in [3.05, 3.63) is 24.0 Å². The zero-order chi connectivity index (χ0) is 14.3. The van der Waals surface area contributed by atoms with Crippen LogP contribution < -0.4 is 11.1 Å². The van der Waals surface area contributed by atoms with Gasteiger partial charge in [-0.2, -0.15) is 0 Å². The smallest absolute Gasteiger partial charge is 0.148 e. The molecule has 3 heteroatoms. The molecular weight excluding hydrogens is 239 g/mol. The van der Waals surface area contributed by atoms with Gasteiger partial charge in [0.25, 0.3) is 0 Å². The van der Waals surface area contributed by atoms with Crippen LogP contribution in [0, 0.1) is 16.6 Å². The van der Waals surface area contributed by atoms with E-state index in [9.17, 15) is 4.39 Å². The number of nitrogen functional groups attached to an aromatic ring is 1. The van der Waals surface area contributed by atoms with E-state index in [4.69, 9.17) is 5.73 Å². The Hall–Kier alpha value is -1.25. The van der Waals surface area contributed by atoms with Gasteiger partial charge >= 0.3 is 0 Å². The van der Waals surface area contributed by atoms with Gasteiger partial charge in [-0.05, 0) is 42.2 Å². The van der Waals surface area contributed by atoms with E-state index in [0.717, 1.165) is 18.5 Å². The van der Waals surface area contributed by atoms with Gasteiger partial charge in [-0.3, -0.25) is 0 Å². The molecule has 2 nitrogen and oxygen atoms in total. The average Bonchev–Trinajstić information content (AvgIpc) is 2.20. The summed E-state index contributed by atoms with van der Waals surface area (Å²) < 4.78 is 13.5. The molecule has 2 rings (SSSR count). The first-order valence-corrected chi connectivity index (χ1v) is 6.99. The van der Waals surface area contributed by atoms with Crippen molar-refractivity contribution in [2.24, 2.45) is 10.8 Å². The molecule has 1 fully saturated rings. The number of nitrogens with two attached hydrogens (primary N) is 1. The van der Waals surface area contributed by atoms with Gasteiger partial charge in [-0.1, -0.05) is 33.8 Å². The first-order chi connectivity index (χ1) is 8.69. The summed E-state index contributed by atoms with van der Waals surface area (Å²) in [6.45, 7) is 9.21. The van der Waals surface area contributed by atoms with Crippen molar-refractivity contribution >= 4 is 11.4 Å². The normalized spacial score (nSPS) is 22.2. The quantitative estimate of drug-likeness (QED) is 0.776. The monoisotopic (exact) mass is 264 g/mol. The predicted molar refractivity (Wildman–Crippen MR) is 79.6 cm³/mol. The molecule has 0 saturated heterocycles. The Kier molecular flexibility index (Phi) is 3.50. The summed E-state index contributed by atoms with van der Waals surface area (Å²) in [6, 6.07) is 5.30. The maximum Gasteiger partial charge on any atom is 0.148 e. The third-order valence-electron chi connectivity index (χ3n) is 3.97. The molecule has 1 aliphatic carbocycles. The summed E-state index contributed by atoms with van der Waals surface area (Å²) in [6.07, 6.45) is 3.40. The number of para-hydroxylation sites is 1. The Balaban J connectivity index is 2.16. The zero-order valence-corrected chi connectivity index (χ0v) is 12.4. The van der Waals surface area contributed by atoms with Crippen LogP contribution in [0.25, 0.3) is 0 Å². The molecule has 0 amide bonds. The molecule has 0 heterocycles. The van der Waals surface area contributed by atoms with Crippen LogP contribution in [0.2, 0.25) is 0 Å². The summed E-state index contributed by atoms with van der Waals surface area (Å²) in [5.74, 6) is -0.348. The molecule has 1 saturated carbocycles. The van der Waals surface area contributed by atoms with E-state index >= 15 is 0 Å². The highest BCUT2D eigenvalue weighted by Crippen LogP contribution is 2.46. The fraction of sp³-hybridized carbons (Fsp3) is 0.625. The molecule has 0 aliphatic heterocycles. The van der Waals surface area contributed by atoms with Gasteiger partial charge < -0.3 is 11.1 Å². The largest absolute Gasteiger partial charge is 0.395 e. The van der Waals surface area contributed by atoms with Crippen LogP contribution in [0.3, 0.4) is 0 Å². The molecule has 106 valence electrons. The average molecular weight is 264 g/mol. The summed E-state index contributed by atoms with van der Waals surface area (Å²) >= 11 is 0. The van der Waals surface area contributed by atoms with Crippen molar-refractivity contribution in [2.45, 2.75) is 53.0 Å². The van der Waals surface area contributed by atoms with E-state index in [2.05, 4.69) is 33.0 Å². The third-order valence-corrected chi connectivity index (χ3v) is 3.97. The van der Waals surface area contributed by atoms with E-state index in [1.54, 1.807) is 6.07 Å². The number of hydrogen-bond acceptors (Lipinski definition) is 2. The molecule has 0 unspecified atom stereocenters. The summed E-state index contributed by atoms with van der Waals surface area (Å²) in [4.78, 5) is 0. The van der Waals surface area contributed by atoms with E-state index in [1.165, 1.54) is 12.5 Å². The van der Waals surface area contributed by atoms with Gasteiger partial charge in [-0.25, -0.2) is 4.39 Å². The molecule has 1 aromatic rings. The van der Waals surface area contributed by atoms with Gasteiger partial charge in [0.15, 0.2) is 0 Å². The standard InChI is InChI=1S/C16H25FN2/c1-15(2)8-11(9-16(3,4)10-15)19-13-7-5-6-12(17)14(13)18/h5-7,11,19H,8-10,18H2,1-4H3. The molecule has 0 spiro atoms. The lowest BCUT2D eigenvalue weighted by Gasteiger charge is -2.45. The van der Waals surface area contributed by atoms with E-state index in [1.807, 2.05) is 6.07 Å². The minimum atomic E-state index is -0.348. The van der Waals surface area contributed by atoms with Gasteiger partial charge in [-0.15, -0.1) is 0 Å². The third kappa shape index (κ3) is 3.40. The summed E-state index contributed by atoms with van der Waals surface area (Å²) in [5, 5.41) is 3.44. The minimum Gasteiger partial charge on any atom is -0.395 e. The van der Waals surface area contributed by atoms with Crippen molar-refractivity contribution < 1.29 is 4.39 Å². The molecule has 0 bridgehead atoms. The van der Waals surface area contributed by atoms with Gasteiger partial charge in [0, 0.05) is 6.04 Å². The number of nitrogens with one attached hydrogen (secondary N) is 1. The van der Waals surface area contributed by atoms with Crippen LogP contribution >= 0.6 is 0 Å². The first kappa shape index (κ1) is 14.2. The molecule has 1 aromatic carbocycles. The number of hydrogen-bond donors (Lipinski definition) is 2. The highest BCUT2D eigenvalue weighted by atomic mass is 19.1. The lowest BCUT2D eigenvalue weighted by Crippen LogP contribution is -2.40. The van der Waals surface area contributed by atoms with Crippen molar-refractivity contribution in [3.63, 3.8) is 0 Å². The van der Waals surface area contributed by atoms with Crippen LogP contribution in [0.15, 0.2) is 18.2 Å². The molecule has 19 heavy (non-hydrogen) atoms. The fourth-order valence-corrected chi connectivity index (χ4v) is 3.83. The molecule has 0 aromatic heterocycles. The Morgan fingerprint density at radius 2 is 1.74 bits per heavy atom. The van der Waals surface area contributed by atoms with Crippen molar-refractivity contribution in [2.75, 3.05) is 11.1 Å². The summed E-state index contributed by atoms with van der Waals surface area (Å²) in [7, 11) is 0. The van der Waals surface area contributed by atoms with Crippen molar-refractivity contribution in [1.29, 1.82) is 0 Å². The van der Waals surface area contributed by atoms with Crippen LogP contribution in [-0.4, -0.2) is 6.04 Å². The number of rotatable bonds is 2. The van der Waals surface area contributed by atoms with Crippen molar-refractivity contribution in [1.82, 2.24) is 0 Å². The SMILES string of the molecule is CC1(C)CC(Nc2cccc(F)c2N)CC(C)(C)C1. The second-order valence-electron chi connectivity index (χ2n) is 7.46. The van der Waals surface area contributed by atoms with E-state index < -0.39 is 0 Å². The van der Waals surface area contributed by atoms with Crippen LogP contribution in [0.1, 0.15) is 47.0 Å². The van der Waals surface area contributed by atoms with Crippen LogP contribution in [-0.2, 0) is 0 Å². The summed E-state index contributed by atoms with van der Waals surface area (Å²) in [5.41, 5.74) is 7.36. The predicted octanol–water partition coefficient (Wildman–Crippen LogP) is 4.42. The molecule has 3 N–H and O–H groups in total. The molecule has 0 atom stereocenters. The Bertz CT molecular complexity index is 450. The highest BCUT2D eigenvalue weighted by Gasteiger charge is 2.38. The topological polar surface area (TPSA) is 38.0 Å². The highest BCUT2D eigenvalue weighted by molar-refractivity contribution is 5.66. The second kappa shape index (κ2) is 4.69. The fourth-order valence-electron chi connectivity index (χ4n) is 3.83. The molecule has 0 radical (unpaired) electrons. The number of benzene rings is 1. The van der Waals surface area contributed by atoms with Gasteiger partial charge in [0.2, 0.25) is 0 Å². The van der Waals surface area contributed by atoms with Gasteiger partial charge in [0.05, 0.1) is 11.4 Å². The lowest BCUT2D eigenvalue weighted by atomic mass is 9.63. The Morgan fingerprint density at radius 1 is 1.16 bits per heavy atom. The van der Waals surface area contributed by atoms with Crippen LogP contribution in [0.4, 0.5) is 15.8 Å². The first-order valence-electron chi connectivity index (χ1n) is 6.99. The lowest BCUT2D eigenvalue weighted by molar-refractivity contribution is 0.105. The molecular formula is C16H25FN2. The van der Waals surface area contributed by atoms with E-state index in [-0.39, 0.29) is 11.5 Å². The Labute approximate surface area is 115 Å². The molecule has 1 aliphatic rings. The minimum absolute atomic E-state index is 0.226.